The van der Waals surface area contributed by atoms with Gasteiger partial charge >= 0.3 is 12.4 Å². The topological polar surface area (TPSA) is 331 Å². The minimum atomic E-state index is -4.47. The van der Waals surface area contributed by atoms with Crippen molar-refractivity contribution >= 4 is 52.9 Å². The van der Waals surface area contributed by atoms with Gasteiger partial charge in [0.15, 0.2) is 0 Å². The summed E-state index contributed by atoms with van der Waals surface area (Å²) in [5.41, 5.74) is 36.4. The number of nitrogen functional groups attached to an aromatic ring is 3. The molecule has 502 valence electrons. The molecular weight excluding hydrogens is 1240 g/mol. The number of ether oxygens (including phenoxy) is 1. The number of primary amides is 3. The predicted octanol–water partition coefficient (Wildman–Crippen LogP) is 9.27. The fraction of sp³-hybridized carbons (Fsp3) is 0.418. The number of carbonyl (C=O) groups is 6. The first-order valence-electron chi connectivity index (χ1n) is 31.4. The summed E-state index contributed by atoms with van der Waals surface area (Å²) in [6, 6.07) is 16.3. The Morgan fingerprint density at radius 3 is 0.989 bits per heavy atom. The molecule has 0 radical (unpaired) electrons. The summed E-state index contributed by atoms with van der Waals surface area (Å²) in [6.07, 6.45) is 7.26. The molecule has 3 spiro atoms. The molecule has 0 unspecified atom stereocenters. The van der Waals surface area contributed by atoms with Crippen molar-refractivity contribution in [2.45, 2.75) is 120 Å². The zero-order chi connectivity index (χ0) is 68.3. The van der Waals surface area contributed by atoms with Gasteiger partial charge in [-0.1, -0.05) is 44.0 Å². The number of carbonyl (C=O) groups excluding carboxylic acids is 6. The number of nitrogens with zero attached hydrogens (tertiary/aromatic N) is 9. The Morgan fingerprint density at radius 1 is 0.463 bits per heavy atom. The van der Waals surface area contributed by atoms with E-state index in [0.29, 0.717) is 48.8 Å². The summed E-state index contributed by atoms with van der Waals surface area (Å²) in [6.45, 7) is 14.7. The van der Waals surface area contributed by atoms with Gasteiger partial charge in [0.25, 0.3) is 17.7 Å². The van der Waals surface area contributed by atoms with Gasteiger partial charge in [-0.25, -0.2) is 14.0 Å². The lowest BCUT2D eigenvalue weighted by Gasteiger charge is -2.45. The van der Waals surface area contributed by atoms with Crippen LogP contribution in [0.2, 0.25) is 0 Å². The molecule has 0 bridgehead atoms. The Labute approximate surface area is 542 Å². The van der Waals surface area contributed by atoms with Gasteiger partial charge in [0.1, 0.15) is 57.0 Å². The van der Waals surface area contributed by atoms with Crippen LogP contribution in [0, 0.1) is 16.2 Å². The van der Waals surface area contributed by atoms with E-state index >= 15 is 0 Å². The number of rotatable bonds is 14. The van der Waals surface area contributed by atoms with Crippen molar-refractivity contribution in [3.8, 4) is 39.5 Å². The quantitative estimate of drug-likeness (QED) is 0.0438. The minimum Gasteiger partial charge on any atom is -0.490 e. The fourth-order valence-electron chi connectivity index (χ4n) is 15.1. The highest BCUT2D eigenvalue weighted by Gasteiger charge is 2.54. The summed E-state index contributed by atoms with van der Waals surface area (Å²) in [5.74, 6) is -1.07. The molecule has 12 N–H and O–H groups in total. The third kappa shape index (κ3) is 13.1. The molecule has 6 aromatic rings. The molecule has 22 nitrogen and oxygen atoms in total. The number of likely N-dealkylation sites (tertiary alicyclic amines) is 3. The Hall–Kier alpha value is -9.89. The van der Waals surface area contributed by atoms with Crippen LogP contribution in [0.4, 0.5) is 43.8 Å². The minimum absolute atomic E-state index is 0.00408. The number of anilines is 3. The van der Waals surface area contributed by atoms with E-state index in [-0.39, 0.29) is 97.9 Å². The first-order chi connectivity index (χ1) is 45.0. The van der Waals surface area contributed by atoms with Crippen molar-refractivity contribution in [2.24, 2.45) is 33.4 Å². The third-order valence-corrected chi connectivity index (χ3v) is 20.1. The van der Waals surface area contributed by atoms with Crippen LogP contribution in [0.5, 0.6) is 5.75 Å². The van der Waals surface area contributed by atoms with Gasteiger partial charge in [0.2, 0.25) is 17.7 Å². The van der Waals surface area contributed by atoms with Crippen LogP contribution < -0.4 is 39.1 Å². The molecule has 13 rings (SSSR count). The fourth-order valence-corrected chi connectivity index (χ4v) is 15.1. The molecule has 7 aliphatic rings. The molecule has 0 atom stereocenters. The molecule has 3 aromatic carbocycles. The first kappa shape index (κ1) is 66.6. The maximum absolute atomic E-state index is 12.9. The van der Waals surface area contributed by atoms with Crippen LogP contribution in [0.1, 0.15) is 144 Å². The molecular formula is C67H75F6N15O7. The maximum atomic E-state index is 12.9. The molecule has 7 fully saturated rings. The zero-order valence-electron chi connectivity index (χ0n) is 52.1. The molecule has 3 aromatic heterocycles. The second-order valence-corrected chi connectivity index (χ2v) is 26.3. The Kier molecular flexibility index (Phi) is 17.8. The van der Waals surface area contributed by atoms with Crippen molar-refractivity contribution in [1.29, 1.82) is 0 Å². The standard InChI is InChI=1S/C25H31N5O3.2C21H22F3N5O2/c1-2-20(31)29-12-11-25(15-29)13-17(14-25)30-23(26)21(24(27)32)22(28-30)16-7-9-19(10-8-16)33-18-5-3-4-6-18;2*1-2-15(30)28-8-7-20(11-28)9-14(10-20)29-18(25)16(19(26)31)17(27-29)12-3-5-13(6-4-12)21(22,23)24/h2,7-10,17-18H,1,3-6,11-15,26H2,(H2,27,32);2*2-6,14H,1,7-11,25H2,(H2,26,31). The van der Waals surface area contributed by atoms with E-state index < -0.39 is 41.2 Å². The molecule has 95 heavy (non-hydrogen) atoms. The smallest absolute Gasteiger partial charge is 0.416 e. The van der Waals surface area contributed by atoms with Crippen LogP contribution in [0.25, 0.3) is 33.8 Å². The van der Waals surface area contributed by atoms with Crippen molar-refractivity contribution in [2.75, 3.05) is 56.5 Å². The van der Waals surface area contributed by atoms with E-state index in [1.807, 2.05) is 29.2 Å². The number of hydrogen-bond acceptors (Lipinski definition) is 13. The summed E-state index contributed by atoms with van der Waals surface area (Å²) in [5, 5.41) is 13.6. The lowest BCUT2D eigenvalue weighted by atomic mass is 9.65. The molecule has 28 heteroatoms. The number of halogens is 6. The number of aromatic nitrogens is 6. The highest BCUT2D eigenvalue weighted by atomic mass is 19.4. The van der Waals surface area contributed by atoms with Crippen molar-refractivity contribution in [1.82, 2.24) is 44.0 Å². The van der Waals surface area contributed by atoms with Gasteiger partial charge in [-0.05, 0) is 166 Å². The van der Waals surface area contributed by atoms with Crippen LogP contribution in [0.3, 0.4) is 0 Å². The van der Waals surface area contributed by atoms with E-state index in [1.54, 1.807) is 14.5 Å². The summed E-state index contributed by atoms with van der Waals surface area (Å²) < 4.78 is 88.0. The van der Waals surface area contributed by atoms with Crippen molar-refractivity contribution in [3.05, 3.63) is 139 Å². The average Bonchev–Trinajstić information content (AvgIpc) is 1.69. The highest BCUT2D eigenvalue weighted by Crippen LogP contribution is 2.57. The van der Waals surface area contributed by atoms with Crippen molar-refractivity contribution in [3.63, 3.8) is 0 Å². The van der Waals surface area contributed by atoms with E-state index in [2.05, 4.69) is 29.9 Å². The zero-order valence-corrected chi connectivity index (χ0v) is 52.1. The summed E-state index contributed by atoms with van der Waals surface area (Å²) in [7, 11) is 0. The summed E-state index contributed by atoms with van der Waals surface area (Å²) in [4.78, 5) is 77.4. The number of amides is 6. The van der Waals surface area contributed by atoms with E-state index in [9.17, 15) is 55.1 Å². The van der Waals surface area contributed by atoms with Crippen LogP contribution in [-0.2, 0) is 26.7 Å². The van der Waals surface area contributed by atoms with E-state index in [0.717, 1.165) is 119 Å². The largest absolute Gasteiger partial charge is 0.490 e. The van der Waals surface area contributed by atoms with Gasteiger partial charge in [-0.3, -0.25) is 28.8 Å². The second kappa shape index (κ2) is 25.4. The van der Waals surface area contributed by atoms with Crippen LogP contribution in [0.15, 0.2) is 111 Å². The number of benzene rings is 3. The first-order valence-corrected chi connectivity index (χ1v) is 31.4. The second-order valence-electron chi connectivity index (χ2n) is 26.3. The van der Waals surface area contributed by atoms with E-state index in [1.165, 1.54) is 64.7 Å². The van der Waals surface area contributed by atoms with Gasteiger partial charge in [0.05, 0.1) is 35.4 Å². The van der Waals surface area contributed by atoms with Gasteiger partial charge in [0, 0.05) is 56.0 Å². The van der Waals surface area contributed by atoms with Gasteiger partial charge in [-0.2, -0.15) is 41.6 Å². The normalized spacial score (nSPS) is 23.6. The molecule has 3 aliphatic heterocycles. The van der Waals surface area contributed by atoms with Gasteiger partial charge in [-0.15, -0.1) is 0 Å². The Morgan fingerprint density at radius 2 is 0.737 bits per heavy atom. The molecule has 4 aliphatic carbocycles. The monoisotopic (exact) mass is 1320 g/mol. The number of alkyl halides is 6. The van der Waals surface area contributed by atoms with Crippen LogP contribution >= 0.6 is 0 Å². The van der Waals surface area contributed by atoms with Gasteiger partial charge < -0.3 is 53.8 Å². The number of nitrogens with two attached hydrogens (primary N) is 6. The third-order valence-electron chi connectivity index (χ3n) is 20.1. The lowest BCUT2D eigenvalue weighted by Crippen LogP contribution is -2.42. The SMILES string of the molecule is C=CC(=O)N1CCC2(CC(n3nc(-c4ccc(C(F)(F)F)cc4)c(C(N)=O)c3N)C2)C1.C=CC(=O)N1CCC2(CC(n3nc(-c4ccc(C(F)(F)F)cc4)c(C(N)=O)c3N)C2)C1.C=CC(=O)N1CCC2(CC(n3nc(-c4ccc(OC5CCCC5)cc4)c(C(N)=O)c3N)C2)C1. The molecule has 6 heterocycles. The van der Waals surface area contributed by atoms with Crippen molar-refractivity contribution < 1.29 is 59.8 Å². The average molecular weight is 1320 g/mol. The maximum Gasteiger partial charge on any atom is 0.416 e. The molecule has 3 saturated heterocycles. The predicted molar refractivity (Wildman–Crippen MR) is 341 cm³/mol. The highest BCUT2D eigenvalue weighted by molar-refractivity contribution is 6.05. The molecule has 4 saturated carbocycles. The van der Waals surface area contributed by atoms with E-state index in [4.69, 9.17) is 44.2 Å². The Bertz CT molecular complexity index is 3830. The van der Waals surface area contributed by atoms with Crippen LogP contribution in [-0.4, -0.2) is 125 Å². The molecule has 6 amide bonds. The lowest BCUT2D eigenvalue weighted by molar-refractivity contribution is -0.138. The Balaban J connectivity index is 0.000000145. The number of hydrogen-bond donors (Lipinski definition) is 6. The summed E-state index contributed by atoms with van der Waals surface area (Å²) >= 11 is 0.